The highest BCUT2D eigenvalue weighted by Crippen LogP contribution is 2.36. The van der Waals surface area contributed by atoms with Gasteiger partial charge in [-0.15, -0.1) is 0 Å². The van der Waals surface area contributed by atoms with Crippen LogP contribution in [0.4, 0.5) is 0 Å². The smallest absolute Gasteiger partial charge is 0.0637 e. The number of hydrogen-bond acceptors (Lipinski definition) is 2. The second-order valence-corrected chi connectivity index (χ2v) is 5.06. The summed E-state index contributed by atoms with van der Waals surface area (Å²) in [6, 6.07) is 10.3. The Kier molecular flexibility index (Phi) is 4.57. The van der Waals surface area contributed by atoms with E-state index in [0.717, 1.165) is 19.3 Å². The maximum absolute atomic E-state index is 10.5. The van der Waals surface area contributed by atoms with E-state index in [-0.39, 0.29) is 24.5 Å². The fourth-order valence-electron chi connectivity index (χ4n) is 2.99. The zero-order valence-electron chi connectivity index (χ0n) is 10.3. The Labute approximate surface area is 103 Å². The summed E-state index contributed by atoms with van der Waals surface area (Å²) in [4.78, 5) is 0. The summed E-state index contributed by atoms with van der Waals surface area (Å²) in [5, 5.41) is 19.6. The van der Waals surface area contributed by atoms with Gasteiger partial charge in [0.1, 0.15) is 0 Å². The van der Waals surface area contributed by atoms with Crippen LogP contribution in [0.5, 0.6) is 0 Å². The minimum Gasteiger partial charge on any atom is -0.396 e. The topological polar surface area (TPSA) is 40.5 Å². The van der Waals surface area contributed by atoms with Gasteiger partial charge < -0.3 is 10.2 Å². The van der Waals surface area contributed by atoms with E-state index in [1.54, 1.807) is 0 Å². The zero-order chi connectivity index (χ0) is 12.1. The molecule has 2 N–H and O–H groups in total. The van der Waals surface area contributed by atoms with Gasteiger partial charge in [-0.3, -0.25) is 0 Å². The van der Waals surface area contributed by atoms with E-state index in [1.165, 1.54) is 18.4 Å². The number of aliphatic hydroxyl groups is 2. The van der Waals surface area contributed by atoms with Crippen LogP contribution in [-0.4, -0.2) is 22.9 Å². The molecule has 0 saturated heterocycles. The van der Waals surface area contributed by atoms with Gasteiger partial charge in [0.25, 0.3) is 0 Å². The van der Waals surface area contributed by atoms with Crippen LogP contribution in [0.1, 0.15) is 43.6 Å². The van der Waals surface area contributed by atoms with Crippen molar-refractivity contribution in [2.45, 2.75) is 44.1 Å². The Bertz CT molecular complexity index is 323. The van der Waals surface area contributed by atoms with E-state index in [9.17, 15) is 5.11 Å². The molecule has 0 aliphatic heterocycles. The molecule has 0 radical (unpaired) electrons. The minimum atomic E-state index is -0.299. The second-order valence-electron chi connectivity index (χ2n) is 5.06. The molecule has 1 aromatic carbocycles. The molecule has 1 saturated carbocycles. The molecule has 0 aromatic heterocycles. The van der Waals surface area contributed by atoms with E-state index in [4.69, 9.17) is 5.11 Å². The fraction of sp³-hybridized carbons (Fsp3) is 0.600. The van der Waals surface area contributed by atoms with Crippen LogP contribution in [0.2, 0.25) is 0 Å². The summed E-state index contributed by atoms with van der Waals surface area (Å²) >= 11 is 0. The lowest BCUT2D eigenvalue weighted by molar-refractivity contribution is 0.0670. The van der Waals surface area contributed by atoms with Gasteiger partial charge in [0, 0.05) is 12.5 Å². The lowest BCUT2D eigenvalue weighted by Crippen LogP contribution is -2.27. The molecule has 1 aliphatic rings. The molecule has 0 heterocycles. The maximum atomic E-state index is 10.5. The second kappa shape index (κ2) is 6.18. The summed E-state index contributed by atoms with van der Waals surface area (Å²) in [5.41, 5.74) is 1.24. The largest absolute Gasteiger partial charge is 0.396 e. The molecule has 2 rings (SSSR count). The third-order valence-corrected chi connectivity index (χ3v) is 3.96. The van der Waals surface area contributed by atoms with Crippen molar-refractivity contribution in [3.8, 4) is 0 Å². The average molecular weight is 234 g/mol. The Morgan fingerprint density at radius 1 is 1.06 bits per heavy atom. The van der Waals surface area contributed by atoms with Gasteiger partial charge in [-0.1, -0.05) is 43.2 Å². The SMILES string of the molecule is OCC[C@H]1CCCC[C@@H](c2ccccc2)[C@H]1O. The van der Waals surface area contributed by atoms with Crippen molar-refractivity contribution in [1.82, 2.24) is 0 Å². The minimum absolute atomic E-state index is 0.184. The van der Waals surface area contributed by atoms with Crippen LogP contribution in [-0.2, 0) is 0 Å². The zero-order valence-corrected chi connectivity index (χ0v) is 10.3. The van der Waals surface area contributed by atoms with Crippen LogP contribution in [0.15, 0.2) is 30.3 Å². The molecule has 0 spiro atoms. The van der Waals surface area contributed by atoms with Crippen molar-refractivity contribution in [3.63, 3.8) is 0 Å². The van der Waals surface area contributed by atoms with Gasteiger partial charge in [-0.25, -0.2) is 0 Å². The highest BCUT2D eigenvalue weighted by molar-refractivity contribution is 5.21. The van der Waals surface area contributed by atoms with E-state index < -0.39 is 0 Å². The number of hydrogen-bond donors (Lipinski definition) is 2. The van der Waals surface area contributed by atoms with Crippen molar-refractivity contribution in [2.75, 3.05) is 6.61 Å². The van der Waals surface area contributed by atoms with Crippen LogP contribution < -0.4 is 0 Å². The quantitative estimate of drug-likeness (QED) is 0.789. The van der Waals surface area contributed by atoms with E-state index in [1.807, 2.05) is 18.2 Å². The summed E-state index contributed by atoms with van der Waals surface area (Å²) < 4.78 is 0. The monoisotopic (exact) mass is 234 g/mol. The summed E-state index contributed by atoms with van der Waals surface area (Å²) in [7, 11) is 0. The third-order valence-electron chi connectivity index (χ3n) is 3.96. The van der Waals surface area contributed by atoms with Gasteiger partial charge >= 0.3 is 0 Å². The Morgan fingerprint density at radius 2 is 1.76 bits per heavy atom. The van der Waals surface area contributed by atoms with Crippen LogP contribution in [0.25, 0.3) is 0 Å². The standard InChI is InChI=1S/C15H22O2/c16-11-10-13-8-4-5-9-14(15(13)17)12-6-2-1-3-7-12/h1-3,6-7,13-17H,4-5,8-11H2/t13-,14+,15+/m1/s1. The number of aliphatic hydroxyl groups excluding tert-OH is 2. The molecule has 17 heavy (non-hydrogen) atoms. The normalized spacial score (nSPS) is 29.9. The molecular weight excluding hydrogens is 212 g/mol. The first-order valence-corrected chi connectivity index (χ1v) is 6.67. The Morgan fingerprint density at radius 3 is 2.47 bits per heavy atom. The lowest BCUT2D eigenvalue weighted by atomic mass is 9.83. The molecule has 2 nitrogen and oxygen atoms in total. The van der Waals surface area contributed by atoms with E-state index in [2.05, 4.69) is 12.1 Å². The summed E-state index contributed by atoms with van der Waals surface area (Å²) in [5.74, 6) is 0.503. The van der Waals surface area contributed by atoms with Crippen LogP contribution in [0.3, 0.4) is 0 Å². The molecule has 1 fully saturated rings. The van der Waals surface area contributed by atoms with Crippen molar-refractivity contribution in [1.29, 1.82) is 0 Å². The molecule has 0 amide bonds. The molecule has 94 valence electrons. The van der Waals surface area contributed by atoms with Gasteiger partial charge in [0.2, 0.25) is 0 Å². The van der Waals surface area contributed by atoms with E-state index in [0.29, 0.717) is 0 Å². The van der Waals surface area contributed by atoms with Crippen LogP contribution in [0, 0.1) is 5.92 Å². The van der Waals surface area contributed by atoms with Crippen molar-refractivity contribution in [2.24, 2.45) is 5.92 Å². The molecule has 2 heteroatoms. The van der Waals surface area contributed by atoms with E-state index >= 15 is 0 Å². The Hall–Kier alpha value is -0.860. The molecule has 1 aliphatic carbocycles. The van der Waals surface area contributed by atoms with Gasteiger partial charge in [-0.05, 0) is 30.7 Å². The van der Waals surface area contributed by atoms with Crippen molar-refractivity contribution < 1.29 is 10.2 Å². The number of rotatable bonds is 3. The highest BCUT2D eigenvalue weighted by atomic mass is 16.3. The first kappa shape index (κ1) is 12.6. The predicted molar refractivity (Wildman–Crippen MR) is 68.9 cm³/mol. The van der Waals surface area contributed by atoms with Crippen molar-refractivity contribution in [3.05, 3.63) is 35.9 Å². The van der Waals surface area contributed by atoms with Gasteiger partial charge in [0.05, 0.1) is 6.10 Å². The highest BCUT2D eigenvalue weighted by Gasteiger charge is 2.30. The number of benzene rings is 1. The van der Waals surface area contributed by atoms with Crippen LogP contribution >= 0.6 is 0 Å². The average Bonchev–Trinajstić information content (AvgIpc) is 2.54. The predicted octanol–water partition coefficient (Wildman–Crippen LogP) is 2.70. The van der Waals surface area contributed by atoms with Gasteiger partial charge in [-0.2, -0.15) is 0 Å². The Balaban J connectivity index is 2.14. The molecule has 3 atom stereocenters. The van der Waals surface area contributed by atoms with Gasteiger partial charge in [0.15, 0.2) is 0 Å². The first-order valence-electron chi connectivity index (χ1n) is 6.67. The molecule has 1 aromatic rings. The fourth-order valence-corrected chi connectivity index (χ4v) is 2.99. The lowest BCUT2D eigenvalue weighted by Gasteiger charge is -2.27. The molecule has 0 bridgehead atoms. The molecule has 0 unspecified atom stereocenters. The summed E-state index contributed by atoms with van der Waals surface area (Å²) in [6.45, 7) is 0.184. The maximum Gasteiger partial charge on any atom is 0.0637 e. The molecular formula is C15H22O2. The first-order chi connectivity index (χ1) is 8.33. The van der Waals surface area contributed by atoms with Crippen molar-refractivity contribution >= 4 is 0 Å². The third kappa shape index (κ3) is 3.08. The summed E-state index contributed by atoms with van der Waals surface area (Å²) in [6.07, 6.45) is 4.89.